The van der Waals surface area contributed by atoms with Gasteiger partial charge < -0.3 is 14.8 Å². The SMILES string of the molecule is C[C@@H]1CCCN(c2ccc(CNC(=O)Cn3ccccc3=O)cc2)C1. The van der Waals surface area contributed by atoms with Crippen LogP contribution in [0.25, 0.3) is 0 Å². The topological polar surface area (TPSA) is 54.3 Å². The number of piperidine rings is 1. The molecule has 0 aliphatic carbocycles. The van der Waals surface area contributed by atoms with E-state index < -0.39 is 0 Å². The summed E-state index contributed by atoms with van der Waals surface area (Å²) >= 11 is 0. The zero-order chi connectivity index (χ0) is 17.6. The summed E-state index contributed by atoms with van der Waals surface area (Å²) in [5.41, 5.74) is 2.14. The lowest BCUT2D eigenvalue weighted by atomic mass is 9.99. The summed E-state index contributed by atoms with van der Waals surface area (Å²) < 4.78 is 1.40. The molecule has 25 heavy (non-hydrogen) atoms. The molecule has 1 aromatic heterocycles. The van der Waals surface area contributed by atoms with Crippen molar-refractivity contribution < 1.29 is 4.79 Å². The van der Waals surface area contributed by atoms with Gasteiger partial charge in [-0.05, 0) is 42.5 Å². The Hall–Kier alpha value is -2.56. The van der Waals surface area contributed by atoms with E-state index in [1.807, 2.05) is 0 Å². The van der Waals surface area contributed by atoms with Gasteiger partial charge in [0.2, 0.25) is 5.91 Å². The molecule has 1 N–H and O–H groups in total. The number of hydrogen-bond donors (Lipinski definition) is 1. The summed E-state index contributed by atoms with van der Waals surface area (Å²) in [5, 5.41) is 2.87. The summed E-state index contributed by atoms with van der Waals surface area (Å²) in [6, 6.07) is 13.2. The quantitative estimate of drug-likeness (QED) is 0.910. The first kappa shape index (κ1) is 17.3. The molecule has 2 heterocycles. The summed E-state index contributed by atoms with van der Waals surface area (Å²) in [6.45, 7) is 5.04. The average Bonchev–Trinajstić information content (AvgIpc) is 2.62. The van der Waals surface area contributed by atoms with Gasteiger partial charge in [0.25, 0.3) is 5.56 Å². The molecule has 0 bridgehead atoms. The molecule has 1 atom stereocenters. The zero-order valence-corrected chi connectivity index (χ0v) is 14.6. The smallest absolute Gasteiger partial charge is 0.250 e. The molecule has 1 fully saturated rings. The van der Waals surface area contributed by atoms with Crippen LogP contribution < -0.4 is 15.8 Å². The Labute approximate surface area is 148 Å². The van der Waals surface area contributed by atoms with Gasteiger partial charge in [-0.3, -0.25) is 9.59 Å². The first-order valence-electron chi connectivity index (χ1n) is 8.88. The number of carbonyl (C=O) groups is 1. The van der Waals surface area contributed by atoms with Crippen LogP contribution in [-0.4, -0.2) is 23.6 Å². The fourth-order valence-electron chi connectivity index (χ4n) is 3.25. The van der Waals surface area contributed by atoms with Crippen LogP contribution in [0.1, 0.15) is 25.3 Å². The fourth-order valence-corrected chi connectivity index (χ4v) is 3.25. The third-order valence-electron chi connectivity index (χ3n) is 4.66. The molecule has 1 amide bonds. The summed E-state index contributed by atoms with van der Waals surface area (Å²) in [5.74, 6) is 0.580. The maximum absolute atomic E-state index is 12.0. The van der Waals surface area contributed by atoms with E-state index in [1.54, 1.807) is 18.3 Å². The number of hydrogen-bond acceptors (Lipinski definition) is 3. The Morgan fingerprint density at radius 3 is 2.72 bits per heavy atom. The Morgan fingerprint density at radius 2 is 2.00 bits per heavy atom. The van der Waals surface area contributed by atoms with E-state index in [0.29, 0.717) is 6.54 Å². The van der Waals surface area contributed by atoms with Crippen LogP contribution in [0.3, 0.4) is 0 Å². The van der Waals surface area contributed by atoms with Gasteiger partial charge in [-0.15, -0.1) is 0 Å². The van der Waals surface area contributed by atoms with Crippen molar-refractivity contribution in [2.24, 2.45) is 5.92 Å². The lowest BCUT2D eigenvalue weighted by Crippen LogP contribution is -2.34. The predicted octanol–water partition coefficient (Wildman–Crippen LogP) is 2.40. The minimum Gasteiger partial charge on any atom is -0.371 e. The minimum absolute atomic E-state index is 0.0451. The molecule has 0 radical (unpaired) electrons. The Balaban J connectivity index is 1.52. The minimum atomic E-state index is -0.169. The summed E-state index contributed by atoms with van der Waals surface area (Å²) in [4.78, 5) is 26.1. The number of anilines is 1. The van der Waals surface area contributed by atoms with Gasteiger partial charge in [-0.1, -0.05) is 25.1 Å². The Kier molecular flexibility index (Phi) is 5.53. The molecule has 5 nitrogen and oxygen atoms in total. The van der Waals surface area contributed by atoms with Crippen molar-refractivity contribution in [3.05, 3.63) is 64.6 Å². The number of carbonyl (C=O) groups excluding carboxylic acids is 1. The molecule has 0 spiro atoms. The molecular weight excluding hydrogens is 314 g/mol. The second kappa shape index (κ2) is 8.01. The molecule has 0 saturated carbocycles. The molecule has 1 aliphatic heterocycles. The molecule has 1 saturated heterocycles. The van der Waals surface area contributed by atoms with Crippen LogP contribution in [0.2, 0.25) is 0 Å². The van der Waals surface area contributed by atoms with E-state index in [4.69, 9.17) is 0 Å². The van der Waals surface area contributed by atoms with Crippen LogP contribution in [0, 0.1) is 5.92 Å². The third-order valence-corrected chi connectivity index (χ3v) is 4.66. The zero-order valence-electron chi connectivity index (χ0n) is 14.6. The van der Waals surface area contributed by atoms with Crippen molar-refractivity contribution in [2.45, 2.75) is 32.9 Å². The number of nitrogens with one attached hydrogen (secondary N) is 1. The first-order valence-corrected chi connectivity index (χ1v) is 8.88. The van der Waals surface area contributed by atoms with Crippen molar-refractivity contribution in [1.82, 2.24) is 9.88 Å². The predicted molar refractivity (Wildman–Crippen MR) is 99.6 cm³/mol. The number of amides is 1. The van der Waals surface area contributed by atoms with Gasteiger partial charge in [0.1, 0.15) is 6.54 Å². The van der Waals surface area contributed by atoms with E-state index in [2.05, 4.69) is 41.4 Å². The van der Waals surface area contributed by atoms with E-state index >= 15 is 0 Å². The van der Waals surface area contributed by atoms with Gasteiger partial charge in [-0.25, -0.2) is 0 Å². The number of rotatable bonds is 5. The third kappa shape index (κ3) is 4.72. The second-order valence-corrected chi connectivity index (χ2v) is 6.80. The maximum atomic E-state index is 12.0. The fraction of sp³-hybridized carbons (Fsp3) is 0.400. The molecule has 2 aromatic rings. The number of pyridine rings is 1. The van der Waals surface area contributed by atoms with E-state index in [9.17, 15) is 9.59 Å². The van der Waals surface area contributed by atoms with Crippen molar-refractivity contribution in [1.29, 1.82) is 0 Å². The van der Waals surface area contributed by atoms with Gasteiger partial charge in [0.15, 0.2) is 0 Å². The molecular formula is C20H25N3O2. The van der Waals surface area contributed by atoms with Crippen molar-refractivity contribution in [2.75, 3.05) is 18.0 Å². The standard InChI is InChI=1S/C20H25N3O2/c1-16-5-4-12-22(14-16)18-9-7-17(8-10-18)13-21-19(24)15-23-11-3-2-6-20(23)25/h2-3,6-11,16H,4-5,12-15H2,1H3,(H,21,24)/t16-/m1/s1. The van der Waals surface area contributed by atoms with Crippen LogP contribution in [0.4, 0.5) is 5.69 Å². The van der Waals surface area contributed by atoms with Crippen LogP contribution in [0.5, 0.6) is 0 Å². The highest BCUT2D eigenvalue weighted by Crippen LogP contribution is 2.23. The van der Waals surface area contributed by atoms with E-state index in [1.165, 1.54) is 29.2 Å². The van der Waals surface area contributed by atoms with Crippen molar-refractivity contribution in [3.63, 3.8) is 0 Å². The van der Waals surface area contributed by atoms with Crippen LogP contribution in [0.15, 0.2) is 53.5 Å². The Bertz CT molecular complexity index is 767. The van der Waals surface area contributed by atoms with Crippen LogP contribution in [-0.2, 0) is 17.9 Å². The van der Waals surface area contributed by atoms with Gasteiger partial charge in [0.05, 0.1) is 0 Å². The van der Waals surface area contributed by atoms with E-state index in [0.717, 1.165) is 24.6 Å². The first-order chi connectivity index (χ1) is 12.1. The van der Waals surface area contributed by atoms with Crippen LogP contribution >= 0.6 is 0 Å². The molecule has 3 rings (SSSR count). The lowest BCUT2D eigenvalue weighted by Gasteiger charge is -2.32. The van der Waals surface area contributed by atoms with Crippen molar-refractivity contribution >= 4 is 11.6 Å². The average molecular weight is 339 g/mol. The highest BCUT2D eigenvalue weighted by atomic mass is 16.2. The van der Waals surface area contributed by atoms with Crippen molar-refractivity contribution in [3.8, 4) is 0 Å². The van der Waals surface area contributed by atoms with Gasteiger partial charge in [0, 0.05) is 37.6 Å². The molecule has 132 valence electrons. The summed E-state index contributed by atoms with van der Waals surface area (Å²) in [6.07, 6.45) is 4.18. The number of aromatic nitrogens is 1. The number of nitrogens with zero attached hydrogens (tertiary/aromatic N) is 2. The Morgan fingerprint density at radius 1 is 1.20 bits per heavy atom. The molecule has 1 aliphatic rings. The second-order valence-electron chi connectivity index (χ2n) is 6.80. The summed E-state index contributed by atoms with van der Waals surface area (Å²) in [7, 11) is 0. The molecule has 5 heteroatoms. The molecule has 1 aromatic carbocycles. The van der Waals surface area contributed by atoms with E-state index in [-0.39, 0.29) is 18.0 Å². The van der Waals surface area contributed by atoms with Gasteiger partial charge in [-0.2, -0.15) is 0 Å². The highest BCUT2D eigenvalue weighted by molar-refractivity contribution is 5.75. The highest BCUT2D eigenvalue weighted by Gasteiger charge is 2.16. The van der Waals surface area contributed by atoms with Gasteiger partial charge >= 0.3 is 0 Å². The maximum Gasteiger partial charge on any atom is 0.250 e. The molecule has 0 unspecified atom stereocenters. The monoisotopic (exact) mass is 339 g/mol. The largest absolute Gasteiger partial charge is 0.371 e. The lowest BCUT2D eigenvalue weighted by molar-refractivity contribution is -0.121. The number of benzene rings is 1. The normalized spacial score (nSPS) is 17.3.